The van der Waals surface area contributed by atoms with Gasteiger partial charge in [0.2, 0.25) is 17.7 Å². The molecule has 8 nitrogen and oxygen atoms in total. The van der Waals surface area contributed by atoms with Gasteiger partial charge in [-0.2, -0.15) is 0 Å². The van der Waals surface area contributed by atoms with E-state index in [0.29, 0.717) is 44.6 Å². The van der Waals surface area contributed by atoms with Gasteiger partial charge in [-0.3, -0.25) is 14.4 Å². The molecule has 0 saturated carbocycles. The van der Waals surface area contributed by atoms with Crippen LogP contribution in [0.3, 0.4) is 0 Å². The molecule has 0 aliphatic carbocycles. The van der Waals surface area contributed by atoms with Crippen LogP contribution in [0.2, 0.25) is 0 Å². The average molecular weight is 531 g/mol. The first-order chi connectivity index (χ1) is 17.3. The van der Waals surface area contributed by atoms with Crippen LogP contribution < -0.4 is 21.1 Å². The maximum atomic E-state index is 13.2. The molecule has 1 heterocycles. The highest BCUT2D eigenvalue weighted by Crippen LogP contribution is 2.20. The number of piperidine rings is 1. The van der Waals surface area contributed by atoms with Crippen molar-refractivity contribution in [1.29, 1.82) is 0 Å². The average Bonchev–Trinajstić information content (AvgIpc) is 2.89. The number of nitrogens with two attached hydrogens (primary N) is 1. The molecule has 4 N–H and O–H groups in total. The van der Waals surface area contributed by atoms with Crippen LogP contribution >= 0.6 is 12.4 Å². The third kappa shape index (κ3) is 8.76. The van der Waals surface area contributed by atoms with Gasteiger partial charge in [-0.1, -0.05) is 44.2 Å². The van der Waals surface area contributed by atoms with E-state index in [0.717, 1.165) is 11.3 Å². The van der Waals surface area contributed by atoms with Crippen molar-refractivity contribution < 1.29 is 19.1 Å². The van der Waals surface area contributed by atoms with Crippen LogP contribution in [0.4, 0.5) is 5.69 Å². The van der Waals surface area contributed by atoms with E-state index >= 15 is 0 Å². The van der Waals surface area contributed by atoms with E-state index in [1.54, 1.807) is 29.2 Å². The predicted molar refractivity (Wildman–Crippen MR) is 148 cm³/mol. The molecule has 1 saturated heterocycles. The first-order valence-electron chi connectivity index (χ1n) is 12.7. The molecule has 0 aromatic heterocycles. The Balaban J connectivity index is 0.00000481. The number of carbonyl (C=O) groups excluding carboxylic acids is 3. The van der Waals surface area contributed by atoms with E-state index in [1.807, 2.05) is 51.1 Å². The van der Waals surface area contributed by atoms with E-state index in [2.05, 4.69) is 10.6 Å². The molecule has 9 heteroatoms. The van der Waals surface area contributed by atoms with Crippen molar-refractivity contribution in [3.8, 4) is 5.75 Å². The lowest BCUT2D eigenvalue weighted by Gasteiger charge is -2.34. The topological polar surface area (TPSA) is 114 Å². The minimum Gasteiger partial charge on any atom is -0.494 e. The number of nitrogens with one attached hydrogen (secondary N) is 2. The van der Waals surface area contributed by atoms with Crippen LogP contribution in [0, 0.1) is 11.8 Å². The molecule has 3 rings (SSSR count). The zero-order valence-corrected chi connectivity index (χ0v) is 22.6. The summed E-state index contributed by atoms with van der Waals surface area (Å²) >= 11 is 0. The SMILES string of the molecule is CCOc1ccc(NC(=O)[C@H](Cc2ccccc2)NC(=O)C2CCN(C(=O)[C@@H](N)C(C)C)CC2)cc1.Cl. The Hall–Kier alpha value is -3.10. The number of benzene rings is 2. The van der Waals surface area contributed by atoms with Crippen molar-refractivity contribution in [1.82, 2.24) is 10.2 Å². The van der Waals surface area contributed by atoms with Crippen LogP contribution in [0.15, 0.2) is 54.6 Å². The van der Waals surface area contributed by atoms with Crippen LogP contribution in [-0.4, -0.2) is 54.4 Å². The Morgan fingerprint density at radius 1 is 1.03 bits per heavy atom. The minimum atomic E-state index is -0.736. The molecule has 0 radical (unpaired) electrons. The second-order valence-electron chi connectivity index (χ2n) is 9.57. The molecule has 0 spiro atoms. The quantitative estimate of drug-likeness (QED) is 0.435. The molecule has 2 atom stereocenters. The standard InChI is InChI=1S/C28H38N4O4.ClH/c1-4-36-23-12-10-22(11-13-23)30-27(34)24(18-20-8-6-5-7-9-20)31-26(33)21-14-16-32(17-15-21)28(35)25(29)19(2)3;/h5-13,19,21,24-25H,4,14-18,29H2,1-3H3,(H,30,34)(H,31,33);1H/t24-,25-;/m0./s1. The fourth-order valence-corrected chi connectivity index (χ4v) is 4.24. The van der Waals surface area contributed by atoms with Crippen molar-refractivity contribution in [2.24, 2.45) is 17.6 Å². The Labute approximate surface area is 225 Å². The Morgan fingerprint density at radius 2 is 1.65 bits per heavy atom. The zero-order chi connectivity index (χ0) is 26.1. The van der Waals surface area contributed by atoms with Crippen LogP contribution in [-0.2, 0) is 20.8 Å². The van der Waals surface area contributed by atoms with Crippen molar-refractivity contribution in [3.05, 3.63) is 60.2 Å². The van der Waals surface area contributed by atoms with Crippen LogP contribution in [0.5, 0.6) is 5.75 Å². The first kappa shape index (κ1) is 30.1. The van der Waals surface area contributed by atoms with Gasteiger partial charge in [-0.05, 0) is 55.5 Å². The predicted octanol–water partition coefficient (Wildman–Crippen LogP) is 3.40. The Morgan fingerprint density at radius 3 is 2.22 bits per heavy atom. The number of rotatable bonds is 10. The number of likely N-dealkylation sites (tertiary alicyclic amines) is 1. The van der Waals surface area contributed by atoms with Gasteiger partial charge in [0.1, 0.15) is 11.8 Å². The number of nitrogens with zero attached hydrogens (tertiary/aromatic N) is 1. The fourth-order valence-electron chi connectivity index (χ4n) is 4.24. The third-order valence-corrected chi connectivity index (χ3v) is 6.53. The summed E-state index contributed by atoms with van der Waals surface area (Å²) in [4.78, 5) is 40.7. The van der Waals surface area contributed by atoms with Gasteiger partial charge in [0.15, 0.2) is 0 Å². The van der Waals surface area contributed by atoms with Crippen molar-refractivity contribution in [3.63, 3.8) is 0 Å². The number of anilines is 1. The summed E-state index contributed by atoms with van der Waals surface area (Å²) in [5.74, 6) is 0.00120. The molecular weight excluding hydrogens is 492 g/mol. The summed E-state index contributed by atoms with van der Waals surface area (Å²) in [7, 11) is 0. The number of amides is 3. The maximum absolute atomic E-state index is 13.2. The lowest BCUT2D eigenvalue weighted by molar-refractivity contribution is -0.137. The minimum absolute atomic E-state index is 0. The van der Waals surface area contributed by atoms with E-state index < -0.39 is 12.1 Å². The normalized spacial score (nSPS) is 15.3. The number of hydrogen-bond donors (Lipinski definition) is 3. The smallest absolute Gasteiger partial charge is 0.247 e. The summed E-state index contributed by atoms with van der Waals surface area (Å²) in [5, 5.41) is 5.88. The second-order valence-corrected chi connectivity index (χ2v) is 9.57. The highest BCUT2D eigenvalue weighted by atomic mass is 35.5. The largest absolute Gasteiger partial charge is 0.494 e. The van der Waals surface area contributed by atoms with Crippen LogP contribution in [0.25, 0.3) is 0 Å². The van der Waals surface area contributed by atoms with Gasteiger partial charge >= 0.3 is 0 Å². The molecule has 0 bridgehead atoms. The summed E-state index contributed by atoms with van der Waals surface area (Å²) in [6.45, 7) is 7.30. The van der Waals surface area contributed by atoms with Crippen LogP contribution in [0.1, 0.15) is 39.2 Å². The zero-order valence-electron chi connectivity index (χ0n) is 21.8. The van der Waals surface area contributed by atoms with Crippen molar-refractivity contribution in [2.45, 2.75) is 52.1 Å². The molecule has 0 unspecified atom stereocenters. The molecule has 1 fully saturated rings. The Bertz CT molecular complexity index is 1010. The molecule has 3 amide bonds. The summed E-state index contributed by atoms with van der Waals surface area (Å²) in [6, 6.07) is 15.5. The summed E-state index contributed by atoms with van der Waals surface area (Å²) in [6.07, 6.45) is 1.46. The summed E-state index contributed by atoms with van der Waals surface area (Å²) in [5.41, 5.74) is 7.60. The third-order valence-electron chi connectivity index (χ3n) is 6.53. The molecule has 2 aromatic rings. The van der Waals surface area contributed by atoms with Gasteiger partial charge in [0.25, 0.3) is 0 Å². The van der Waals surface area contributed by atoms with Gasteiger partial charge in [-0.15, -0.1) is 12.4 Å². The number of hydrogen-bond acceptors (Lipinski definition) is 5. The van der Waals surface area contributed by atoms with E-state index in [9.17, 15) is 14.4 Å². The summed E-state index contributed by atoms with van der Waals surface area (Å²) < 4.78 is 5.46. The molecule has 1 aliphatic rings. The van der Waals surface area contributed by atoms with Gasteiger partial charge in [0.05, 0.1) is 12.6 Å². The monoisotopic (exact) mass is 530 g/mol. The Kier molecular flexibility index (Phi) is 11.9. The molecule has 202 valence electrons. The number of carbonyl (C=O) groups is 3. The van der Waals surface area contributed by atoms with Gasteiger partial charge in [0, 0.05) is 31.1 Å². The molecule has 1 aliphatic heterocycles. The highest BCUT2D eigenvalue weighted by molar-refractivity contribution is 5.97. The first-order valence-corrected chi connectivity index (χ1v) is 12.7. The fraction of sp³-hybridized carbons (Fsp3) is 0.464. The lowest BCUT2D eigenvalue weighted by atomic mass is 9.93. The van der Waals surface area contributed by atoms with Gasteiger partial charge < -0.3 is 26.0 Å². The maximum Gasteiger partial charge on any atom is 0.247 e. The van der Waals surface area contributed by atoms with E-state index in [-0.39, 0.29) is 42.0 Å². The molecule has 37 heavy (non-hydrogen) atoms. The van der Waals surface area contributed by atoms with E-state index in [1.165, 1.54) is 0 Å². The highest BCUT2D eigenvalue weighted by Gasteiger charge is 2.32. The van der Waals surface area contributed by atoms with Gasteiger partial charge in [-0.25, -0.2) is 0 Å². The molecule has 2 aromatic carbocycles. The molecular formula is C28H39ClN4O4. The van der Waals surface area contributed by atoms with Crippen molar-refractivity contribution >= 4 is 35.8 Å². The number of ether oxygens (including phenoxy) is 1. The lowest BCUT2D eigenvalue weighted by Crippen LogP contribution is -2.52. The van der Waals surface area contributed by atoms with E-state index in [4.69, 9.17) is 10.5 Å². The second kappa shape index (κ2) is 14.6. The number of halogens is 1. The van der Waals surface area contributed by atoms with Crippen molar-refractivity contribution in [2.75, 3.05) is 25.0 Å².